The SMILES string of the molecule is CCNC(=NCc1nnc2n1CCCC2)NCCCc1ccc(Br)cc1F.I. The van der Waals surface area contributed by atoms with E-state index in [2.05, 4.69) is 46.3 Å². The second kappa shape index (κ2) is 11.7. The lowest BCUT2D eigenvalue weighted by Gasteiger charge is -2.14. The van der Waals surface area contributed by atoms with Crippen LogP contribution in [-0.2, 0) is 25.9 Å². The van der Waals surface area contributed by atoms with Gasteiger partial charge in [-0.05, 0) is 50.3 Å². The molecular weight excluding hydrogens is 538 g/mol. The monoisotopic (exact) mass is 564 g/mol. The predicted octanol–water partition coefficient (Wildman–Crippen LogP) is 3.82. The molecule has 0 fully saturated rings. The molecule has 0 unspecified atom stereocenters. The van der Waals surface area contributed by atoms with E-state index < -0.39 is 0 Å². The zero-order chi connectivity index (χ0) is 19.1. The van der Waals surface area contributed by atoms with E-state index in [9.17, 15) is 4.39 Å². The van der Waals surface area contributed by atoms with Crippen LogP contribution in [0.2, 0.25) is 0 Å². The first-order valence-electron chi connectivity index (χ1n) is 9.54. The van der Waals surface area contributed by atoms with E-state index in [1.165, 1.54) is 18.9 Å². The van der Waals surface area contributed by atoms with Gasteiger partial charge in [0, 0.05) is 30.5 Å². The summed E-state index contributed by atoms with van der Waals surface area (Å²) in [6.07, 6.45) is 4.87. The zero-order valence-electron chi connectivity index (χ0n) is 16.0. The van der Waals surface area contributed by atoms with Gasteiger partial charge in [-0.25, -0.2) is 9.38 Å². The minimum atomic E-state index is -0.165. The van der Waals surface area contributed by atoms with E-state index in [1.807, 2.05) is 19.1 Å². The Morgan fingerprint density at radius 1 is 1.29 bits per heavy atom. The Hall–Kier alpha value is -1.23. The number of rotatable bonds is 7. The lowest BCUT2D eigenvalue weighted by atomic mass is 10.1. The van der Waals surface area contributed by atoms with Crippen LogP contribution in [0.25, 0.3) is 0 Å². The third-order valence-electron chi connectivity index (χ3n) is 4.59. The molecule has 1 aromatic carbocycles. The Bertz CT molecular complexity index is 795. The number of benzene rings is 1. The highest BCUT2D eigenvalue weighted by Gasteiger charge is 2.15. The number of guanidine groups is 1. The van der Waals surface area contributed by atoms with Gasteiger partial charge in [-0.15, -0.1) is 34.2 Å². The van der Waals surface area contributed by atoms with E-state index in [-0.39, 0.29) is 29.8 Å². The summed E-state index contributed by atoms with van der Waals surface area (Å²) in [6.45, 7) is 5.03. The van der Waals surface area contributed by atoms with Crippen molar-refractivity contribution in [2.75, 3.05) is 13.1 Å². The summed E-state index contributed by atoms with van der Waals surface area (Å²) in [7, 11) is 0. The summed E-state index contributed by atoms with van der Waals surface area (Å²) in [4.78, 5) is 4.63. The van der Waals surface area contributed by atoms with Gasteiger partial charge in [0.25, 0.3) is 0 Å². The molecule has 154 valence electrons. The molecule has 2 N–H and O–H groups in total. The number of hydrogen-bond donors (Lipinski definition) is 2. The maximum Gasteiger partial charge on any atom is 0.191 e. The van der Waals surface area contributed by atoms with Crippen molar-refractivity contribution in [2.24, 2.45) is 4.99 Å². The quantitative estimate of drug-likeness (QED) is 0.232. The van der Waals surface area contributed by atoms with Crippen LogP contribution in [0.4, 0.5) is 4.39 Å². The van der Waals surface area contributed by atoms with Gasteiger partial charge in [0.05, 0.1) is 0 Å². The first-order valence-corrected chi connectivity index (χ1v) is 10.3. The van der Waals surface area contributed by atoms with E-state index in [1.54, 1.807) is 0 Å². The molecular formula is C19H27BrFIN6. The number of nitrogens with zero attached hydrogens (tertiary/aromatic N) is 4. The molecule has 0 radical (unpaired) electrons. The number of halogens is 3. The van der Waals surface area contributed by atoms with Crippen LogP contribution in [-0.4, -0.2) is 33.8 Å². The Kier molecular flexibility index (Phi) is 9.63. The standard InChI is InChI=1S/C19H26BrFN6.HI/c1-2-22-19(23-10-5-6-14-8-9-15(20)12-16(14)21)24-13-18-26-25-17-7-3-4-11-27(17)18;/h8-9,12H,2-7,10-11,13H2,1H3,(H2,22,23,24);1H. The third kappa shape index (κ3) is 6.40. The average molecular weight is 565 g/mol. The minimum Gasteiger partial charge on any atom is -0.357 e. The number of fused-ring (bicyclic) bond motifs is 1. The number of hydrogen-bond acceptors (Lipinski definition) is 3. The van der Waals surface area contributed by atoms with Gasteiger partial charge in [-0.3, -0.25) is 0 Å². The van der Waals surface area contributed by atoms with Crippen LogP contribution in [0.3, 0.4) is 0 Å². The van der Waals surface area contributed by atoms with Gasteiger partial charge in [0.15, 0.2) is 11.8 Å². The van der Waals surface area contributed by atoms with Crippen molar-refractivity contribution in [1.82, 2.24) is 25.4 Å². The van der Waals surface area contributed by atoms with Crippen molar-refractivity contribution in [2.45, 2.75) is 52.1 Å². The number of aliphatic imine (C=N–C) groups is 1. The van der Waals surface area contributed by atoms with Gasteiger partial charge >= 0.3 is 0 Å². The van der Waals surface area contributed by atoms with Gasteiger partial charge in [-0.2, -0.15) is 0 Å². The highest BCUT2D eigenvalue weighted by Crippen LogP contribution is 2.16. The van der Waals surface area contributed by atoms with Gasteiger partial charge in [0.2, 0.25) is 0 Å². The maximum atomic E-state index is 13.9. The normalized spacial score (nSPS) is 13.6. The van der Waals surface area contributed by atoms with E-state index in [0.29, 0.717) is 13.0 Å². The molecule has 0 aliphatic carbocycles. The Labute approximate surface area is 190 Å². The molecule has 0 atom stereocenters. The van der Waals surface area contributed by atoms with Crippen molar-refractivity contribution >= 4 is 45.9 Å². The number of nitrogens with one attached hydrogen (secondary N) is 2. The van der Waals surface area contributed by atoms with Crippen molar-refractivity contribution in [3.63, 3.8) is 0 Å². The summed E-state index contributed by atoms with van der Waals surface area (Å²) >= 11 is 3.28. The molecule has 0 saturated carbocycles. The number of aromatic nitrogens is 3. The molecule has 1 aliphatic heterocycles. The average Bonchev–Trinajstić information content (AvgIpc) is 3.08. The molecule has 9 heteroatoms. The fourth-order valence-electron chi connectivity index (χ4n) is 3.19. The van der Waals surface area contributed by atoms with Gasteiger partial charge in [0.1, 0.15) is 18.2 Å². The topological polar surface area (TPSA) is 67.1 Å². The molecule has 6 nitrogen and oxygen atoms in total. The summed E-state index contributed by atoms with van der Waals surface area (Å²) in [5, 5.41) is 15.1. The Morgan fingerprint density at radius 2 is 2.14 bits per heavy atom. The zero-order valence-corrected chi connectivity index (χ0v) is 20.0. The molecule has 28 heavy (non-hydrogen) atoms. The van der Waals surface area contributed by atoms with Crippen molar-refractivity contribution in [3.05, 3.63) is 45.7 Å². The predicted molar refractivity (Wildman–Crippen MR) is 124 cm³/mol. The molecule has 0 amide bonds. The molecule has 1 aromatic heterocycles. The summed E-state index contributed by atoms with van der Waals surface area (Å²) in [6, 6.07) is 5.21. The molecule has 0 saturated heterocycles. The van der Waals surface area contributed by atoms with E-state index >= 15 is 0 Å². The van der Waals surface area contributed by atoms with Crippen molar-refractivity contribution in [1.29, 1.82) is 0 Å². The third-order valence-corrected chi connectivity index (χ3v) is 5.08. The molecule has 0 bridgehead atoms. The van der Waals surface area contributed by atoms with Crippen LogP contribution in [0.15, 0.2) is 27.7 Å². The fourth-order valence-corrected chi connectivity index (χ4v) is 3.52. The van der Waals surface area contributed by atoms with Crippen LogP contribution in [0, 0.1) is 5.82 Å². The highest BCUT2D eigenvalue weighted by molar-refractivity contribution is 14.0. The molecule has 0 spiro atoms. The van der Waals surface area contributed by atoms with Gasteiger partial charge in [-0.1, -0.05) is 22.0 Å². The van der Waals surface area contributed by atoms with Crippen LogP contribution >= 0.6 is 39.9 Å². The molecule has 3 rings (SSSR count). The Morgan fingerprint density at radius 3 is 2.93 bits per heavy atom. The molecule has 2 heterocycles. The van der Waals surface area contributed by atoms with Crippen LogP contribution in [0.1, 0.15) is 43.4 Å². The summed E-state index contributed by atoms with van der Waals surface area (Å²) in [5.41, 5.74) is 0.733. The lowest BCUT2D eigenvalue weighted by Crippen LogP contribution is -2.38. The first-order chi connectivity index (χ1) is 13.2. The van der Waals surface area contributed by atoms with Crippen molar-refractivity contribution in [3.8, 4) is 0 Å². The number of aryl methyl sites for hydroxylation is 2. The van der Waals surface area contributed by atoms with E-state index in [0.717, 1.165) is 60.1 Å². The highest BCUT2D eigenvalue weighted by atomic mass is 127. The van der Waals surface area contributed by atoms with E-state index in [4.69, 9.17) is 0 Å². The smallest absolute Gasteiger partial charge is 0.191 e. The minimum absolute atomic E-state index is 0. The summed E-state index contributed by atoms with van der Waals surface area (Å²) in [5.74, 6) is 2.57. The summed E-state index contributed by atoms with van der Waals surface area (Å²) < 4.78 is 16.8. The molecule has 2 aromatic rings. The van der Waals surface area contributed by atoms with Gasteiger partial charge < -0.3 is 15.2 Å². The lowest BCUT2D eigenvalue weighted by molar-refractivity contribution is 0.508. The molecule has 1 aliphatic rings. The maximum absolute atomic E-state index is 13.9. The first kappa shape index (κ1) is 23.1. The fraction of sp³-hybridized carbons (Fsp3) is 0.526. The van der Waals surface area contributed by atoms with Crippen LogP contribution in [0.5, 0.6) is 0 Å². The Balaban J connectivity index is 0.00000280. The second-order valence-electron chi connectivity index (χ2n) is 6.60. The van der Waals surface area contributed by atoms with Crippen LogP contribution < -0.4 is 10.6 Å². The second-order valence-corrected chi connectivity index (χ2v) is 7.52. The van der Waals surface area contributed by atoms with Crippen molar-refractivity contribution < 1.29 is 4.39 Å². The largest absolute Gasteiger partial charge is 0.357 e.